The third kappa shape index (κ3) is 5.22. The standard InChI is InChI=1S/C13H17BrO3/c1-10(8-14)9-17-12-5-3-4-11(6-12)7-13(15)16-2/h3-6,10H,7-9H2,1-2H3/t10-/m0/s1. The second-order valence-electron chi connectivity index (χ2n) is 3.97. The molecule has 1 rings (SSSR count). The number of hydrogen-bond donors (Lipinski definition) is 0. The highest BCUT2D eigenvalue weighted by molar-refractivity contribution is 9.09. The highest BCUT2D eigenvalue weighted by atomic mass is 79.9. The Hall–Kier alpha value is -1.03. The molecule has 0 fully saturated rings. The maximum absolute atomic E-state index is 11.1. The van der Waals surface area contributed by atoms with Crippen LogP contribution in [0.1, 0.15) is 12.5 Å². The van der Waals surface area contributed by atoms with Gasteiger partial charge in [-0.15, -0.1) is 0 Å². The van der Waals surface area contributed by atoms with Gasteiger partial charge >= 0.3 is 5.97 Å². The van der Waals surface area contributed by atoms with E-state index in [2.05, 4.69) is 27.6 Å². The first kappa shape index (κ1) is 14.0. The molecule has 0 N–H and O–H groups in total. The van der Waals surface area contributed by atoms with Gasteiger partial charge in [-0.1, -0.05) is 35.0 Å². The van der Waals surface area contributed by atoms with Gasteiger partial charge in [0.05, 0.1) is 20.1 Å². The SMILES string of the molecule is COC(=O)Cc1cccc(OC[C@@H](C)CBr)c1. The predicted molar refractivity (Wildman–Crippen MR) is 70.6 cm³/mol. The largest absolute Gasteiger partial charge is 0.493 e. The molecule has 94 valence electrons. The maximum atomic E-state index is 11.1. The van der Waals surface area contributed by atoms with Crippen LogP contribution in [0.3, 0.4) is 0 Å². The molecular formula is C13H17BrO3. The zero-order chi connectivity index (χ0) is 12.7. The number of ether oxygens (including phenoxy) is 2. The van der Waals surface area contributed by atoms with E-state index in [9.17, 15) is 4.79 Å². The van der Waals surface area contributed by atoms with E-state index in [0.717, 1.165) is 16.6 Å². The minimum atomic E-state index is -0.240. The van der Waals surface area contributed by atoms with Gasteiger partial charge in [-0.25, -0.2) is 0 Å². The molecule has 1 atom stereocenters. The number of rotatable bonds is 6. The molecule has 0 aliphatic heterocycles. The minimum absolute atomic E-state index is 0.240. The van der Waals surface area contributed by atoms with Crippen molar-refractivity contribution in [3.8, 4) is 5.75 Å². The van der Waals surface area contributed by atoms with Crippen molar-refractivity contribution in [1.29, 1.82) is 0 Å². The first-order chi connectivity index (χ1) is 8.15. The van der Waals surface area contributed by atoms with E-state index in [1.165, 1.54) is 7.11 Å². The molecule has 0 saturated carbocycles. The second-order valence-corrected chi connectivity index (χ2v) is 4.62. The fourth-order valence-electron chi connectivity index (χ4n) is 1.27. The topological polar surface area (TPSA) is 35.5 Å². The molecule has 4 heteroatoms. The number of halogens is 1. The molecule has 0 bridgehead atoms. The van der Waals surface area contributed by atoms with Crippen molar-refractivity contribution in [1.82, 2.24) is 0 Å². The molecule has 0 saturated heterocycles. The summed E-state index contributed by atoms with van der Waals surface area (Å²) in [6.45, 7) is 2.76. The Labute approximate surface area is 110 Å². The van der Waals surface area contributed by atoms with E-state index < -0.39 is 0 Å². The number of alkyl halides is 1. The van der Waals surface area contributed by atoms with Crippen molar-refractivity contribution in [2.75, 3.05) is 19.0 Å². The maximum Gasteiger partial charge on any atom is 0.309 e. The molecule has 0 amide bonds. The molecule has 1 aromatic carbocycles. The number of benzene rings is 1. The summed E-state index contributed by atoms with van der Waals surface area (Å²) in [5.74, 6) is 1.01. The highest BCUT2D eigenvalue weighted by Gasteiger charge is 2.05. The summed E-state index contributed by atoms with van der Waals surface area (Å²) in [6.07, 6.45) is 0.279. The van der Waals surface area contributed by atoms with E-state index in [4.69, 9.17) is 4.74 Å². The van der Waals surface area contributed by atoms with Crippen LogP contribution in [-0.4, -0.2) is 25.0 Å². The smallest absolute Gasteiger partial charge is 0.309 e. The van der Waals surface area contributed by atoms with Crippen LogP contribution in [0, 0.1) is 5.92 Å². The van der Waals surface area contributed by atoms with Crippen molar-refractivity contribution in [2.24, 2.45) is 5.92 Å². The quantitative estimate of drug-likeness (QED) is 0.599. The van der Waals surface area contributed by atoms with E-state index in [1.807, 2.05) is 24.3 Å². The third-order valence-electron chi connectivity index (χ3n) is 2.27. The zero-order valence-corrected chi connectivity index (χ0v) is 11.7. The predicted octanol–water partition coefficient (Wildman–Crippen LogP) is 2.81. The van der Waals surface area contributed by atoms with Gasteiger partial charge in [0.2, 0.25) is 0 Å². The summed E-state index contributed by atoms with van der Waals surface area (Å²) in [7, 11) is 1.39. The average molecular weight is 301 g/mol. The number of esters is 1. The average Bonchev–Trinajstić information content (AvgIpc) is 2.36. The van der Waals surface area contributed by atoms with Gasteiger partial charge in [0.25, 0.3) is 0 Å². The van der Waals surface area contributed by atoms with Crippen molar-refractivity contribution >= 4 is 21.9 Å². The monoisotopic (exact) mass is 300 g/mol. The molecule has 0 radical (unpaired) electrons. The summed E-state index contributed by atoms with van der Waals surface area (Å²) < 4.78 is 10.3. The molecule has 0 unspecified atom stereocenters. The molecule has 17 heavy (non-hydrogen) atoms. The van der Waals surface area contributed by atoms with Gasteiger partial charge in [0.15, 0.2) is 0 Å². The number of carbonyl (C=O) groups excluding carboxylic acids is 1. The number of methoxy groups -OCH3 is 1. The molecule has 0 aliphatic carbocycles. The normalized spacial score (nSPS) is 11.9. The lowest BCUT2D eigenvalue weighted by Gasteiger charge is -2.11. The summed E-state index contributed by atoms with van der Waals surface area (Å²) >= 11 is 3.40. The molecule has 3 nitrogen and oxygen atoms in total. The Bertz CT molecular complexity index is 365. The summed E-state index contributed by atoms with van der Waals surface area (Å²) in [5.41, 5.74) is 0.904. The number of hydrogen-bond acceptors (Lipinski definition) is 3. The van der Waals surface area contributed by atoms with Gasteiger partial charge in [0.1, 0.15) is 5.75 Å². The van der Waals surface area contributed by atoms with Crippen LogP contribution >= 0.6 is 15.9 Å². The highest BCUT2D eigenvalue weighted by Crippen LogP contribution is 2.15. The van der Waals surface area contributed by atoms with Crippen LogP contribution in [0.4, 0.5) is 0 Å². The zero-order valence-electron chi connectivity index (χ0n) is 10.1. The van der Waals surface area contributed by atoms with Crippen LogP contribution in [0.5, 0.6) is 5.75 Å². The van der Waals surface area contributed by atoms with Gasteiger partial charge in [-0.05, 0) is 23.6 Å². The van der Waals surface area contributed by atoms with Crippen LogP contribution in [0.25, 0.3) is 0 Å². The lowest BCUT2D eigenvalue weighted by molar-refractivity contribution is -0.139. The second kappa shape index (κ2) is 7.33. The van der Waals surface area contributed by atoms with Gasteiger partial charge in [-0.3, -0.25) is 4.79 Å². The molecule has 0 heterocycles. The van der Waals surface area contributed by atoms with E-state index >= 15 is 0 Å². The van der Waals surface area contributed by atoms with Gasteiger partial charge in [0, 0.05) is 5.33 Å². The lowest BCUT2D eigenvalue weighted by atomic mass is 10.1. The molecule has 0 aromatic heterocycles. The summed E-state index contributed by atoms with van der Waals surface area (Å²) in [5, 5.41) is 0.912. The lowest BCUT2D eigenvalue weighted by Crippen LogP contribution is -2.10. The molecular weight excluding hydrogens is 284 g/mol. The first-order valence-electron chi connectivity index (χ1n) is 5.50. The van der Waals surface area contributed by atoms with Gasteiger partial charge < -0.3 is 9.47 Å². The first-order valence-corrected chi connectivity index (χ1v) is 6.62. The Balaban J connectivity index is 2.56. The minimum Gasteiger partial charge on any atom is -0.493 e. The van der Waals surface area contributed by atoms with Crippen LogP contribution in [-0.2, 0) is 16.0 Å². The van der Waals surface area contributed by atoms with E-state index in [0.29, 0.717) is 12.5 Å². The fourth-order valence-corrected chi connectivity index (χ4v) is 1.45. The Morgan fingerprint density at radius 3 is 2.88 bits per heavy atom. The van der Waals surface area contributed by atoms with Crippen LogP contribution < -0.4 is 4.74 Å². The summed E-state index contributed by atoms with van der Waals surface area (Å²) in [6, 6.07) is 7.53. The third-order valence-corrected chi connectivity index (χ3v) is 3.38. The van der Waals surface area contributed by atoms with Crippen LogP contribution in [0.2, 0.25) is 0 Å². The van der Waals surface area contributed by atoms with Gasteiger partial charge in [-0.2, -0.15) is 0 Å². The van der Waals surface area contributed by atoms with Crippen molar-refractivity contribution in [3.05, 3.63) is 29.8 Å². The Kier molecular flexibility index (Phi) is 6.05. The van der Waals surface area contributed by atoms with Crippen molar-refractivity contribution in [3.63, 3.8) is 0 Å². The van der Waals surface area contributed by atoms with Crippen molar-refractivity contribution in [2.45, 2.75) is 13.3 Å². The summed E-state index contributed by atoms with van der Waals surface area (Å²) in [4.78, 5) is 11.1. The van der Waals surface area contributed by atoms with E-state index in [1.54, 1.807) is 0 Å². The Morgan fingerprint density at radius 1 is 1.47 bits per heavy atom. The molecule has 0 spiro atoms. The molecule has 1 aromatic rings. The Morgan fingerprint density at radius 2 is 2.24 bits per heavy atom. The fraction of sp³-hybridized carbons (Fsp3) is 0.462. The van der Waals surface area contributed by atoms with Crippen LogP contribution in [0.15, 0.2) is 24.3 Å². The number of carbonyl (C=O) groups is 1. The van der Waals surface area contributed by atoms with Crippen molar-refractivity contribution < 1.29 is 14.3 Å². The molecule has 0 aliphatic rings. The van der Waals surface area contributed by atoms with E-state index in [-0.39, 0.29) is 12.4 Å².